The van der Waals surface area contributed by atoms with Gasteiger partial charge < -0.3 is 15.2 Å². The Morgan fingerprint density at radius 3 is 2.76 bits per heavy atom. The summed E-state index contributed by atoms with van der Waals surface area (Å²) in [5.41, 5.74) is 0.700. The van der Waals surface area contributed by atoms with Crippen LogP contribution in [0.3, 0.4) is 0 Å². The summed E-state index contributed by atoms with van der Waals surface area (Å²) in [4.78, 5) is 0. The molecular formula is C16H21FN2O2. The summed E-state index contributed by atoms with van der Waals surface area (Å²) in [7, 11) is 0. The Labute approximate surface area is 124 Å². The van der Waals surface area contributed by atoms with Gasteiger partial charge >= 0.3 is 0 Å². The Balaban J connectivity index is 1.99. The molecule has 0 radical (unpaired) electrons. The van der Waals surface area contributed by atoms with Gasteiger partial charge in [-0.2, -0.15) is 5.26 Å². The van der Waals surface area contributed by atoms with Gasteiger partial charge in [0.1, 0.15) is 11.9 Å². The van der Waals surface area contributed by atoms with Crippen LogP contribution < -0.4 is 5.32 Å². The quantitative estimate of drug-likeness (QED) is 0.872. The highest BCUT2D eigenvalue weighted by atomic mass is 19.1. The molecule has 1 aliphatic heterocycles. The number of ether oxygens (including phenoxy) is 1. The van der Waals surface area contributed by atoms with E-state index in [9.17, 15) is 9.50 Å². The second kappa shape index (κ2) is 6.99. The first-order valence-electron chi connectivity index (χ1n) is 7.22. The zero-order valence-electron chi connectivity index (χ0n) is 12.2. The summed E-state index contributed by atoms with van der Waals surface area (Å²) in [5.74, 6) is -0.494. The number of rotatable bonds is 5. The van der Waals surface area contributed by atoms with Crippen molar-refractivity contribution in [3.63, 3.8) is 0 Å². The fraction of sp³-hybridized carbons (Fsp3) is 0.562. The minimum Gasteiger partial charge on any atom is -0.396 e. The van der Waals surface area contributed by atoms with Crippen LogP contribution in [0.15, 0.2) is 18.2 Å². The maximum absolute atomic E-state index is 13.6. The van der Waals surface area contributed by atoms with Crippen LogP contribution in [0.5, 0.6) is 0 Å². The van der Waals surface area contributed by atoms with Crippen LogP contribution in [0.4, 0.5) is 4.39 Å². The lowest BCUT2D eigenvalue weighted by Gasteiger charge is -2.36. The number of hydrogen-bond acceptors (Lipinski definition) is 4. The van der Waals surface area contributed by atoms with Crippen LogP contribution >= 0.6 is 0 Å². The topological polar surface area (TPSA) is 65.3 Å². The van der Waals surface area contributed by atoms with Crippen molar-refractivity contribution in [1.29, 1.82) is 5.26 Å². The third kappa shape index (κ3) is 3.79. The zero-order valence-corrected chi connectivity index (χ0v) is 12.2. The van der Waals surface area contributed by atoms with E-state index in [0.717, 1.165) is 18.4 Å². The van der Waals surface area contributed by atoms with Crippen molar-refractivity contribution in [3.8, 4) is 6.07 Å². The highest BCUT2D eigenvalue weighted by Crippen LogP contribution is 2.30. The average Bonchev–Trinajstić information content (AvgIpc) is 2.53. The molecule has 0 aliphatic carbocycles. The number of nitriles is 1. The summed E-state index contributed by atoms with van der Waals surface area (Å²) < 4.78 is 19.0. The highest BCUT2D eigenvalue weighted by molar-refractivity contribution is 5.34. The number of halogens is 1. The molecule has 1 aliphatic rings. The molecule has 21 heavy (non-hydrogen) atoms. The van der Waals surface area contributed by atoms with E-state index in [4.69, 9.17) is 10.00 Å². The fourth-order valence-corrected chi connectivity index (χ4v) is 2.57. The third-order valence-corrected chi connectivity index (χ3v) is 4.29. The molecule has 0 bridgehead atoms. The zero-order chi connectivity index (χ0) is 15.3. The highest BCUT2D eigenvalue weighted by Gasteiger charge is 2.32. The van der Waals surface area contributed by atoms with Gasteiger partial charge in [-0.3, -0.25) is 0 Å². The molecule has 1 aromatic carbocycles. The lowest BCUT2D eigenvalue weighted by atomic mass is 9.80. The minimum absolute atomic E-state index is 0.0430. The average molecular weight is 292 g/mol. The molecule has 1 atom stereocenters. The predicted octanol–water partition coefficient (Wildman–Crippen LogP) is 2.14. The summed E-state index contributed by atoms with van der Waals surface area (Å²) >= 11 is 0. The molecular weight excluding hydrogens is 271 g/mol. The normalized spacial score (nSPS) is 19.0. The van der Waals surface area contributed by atoms with Crippen molar-refractivity contribution >= 4 is 0 Å². The number of aliphatic hydroxyl groups excluding tert-OH is 1. The lowest BCUT2D eigenvalue weighted by molar-refractivity contribution is -0.0163. The van der Waals surface area contributed by atoms with Gasteiger partial charge in [-0.15, -0.1) is 0 Å². The third-order valence-electron chi connectivity index (χ3n) is 4.29. The molecule has 0 spiro atoms. The van der Waals surface area contributed by atoms with E-state index >= 15 is 0 Å². The molecule has 2 rings (SSSR count). The smallest absolute Gasteiger partial charge is 0.141 e. The molecule has 0 amide bonds. The first-order valence-corrected chi connectivity index (χ1v) is 7.22. The maximum Gasteiger partial charge on any atom is 0.141 e. The van der Waals surface area contributed by atoms with Gasteiger partial charge in [-0.1, -0.05) is 6.07 Å². The van der Waals surface area contributed by atoms with Gasteiger partial charge in [0.2, 0.25) is 0 Å². The Morgan fingerprint density at radius 2 is 2.19 bits per heavy atom. The van der Waals surface area contributed by atoms with Crippen LogP contribution in [0.1, 0.15) is 36.9 Å². The summed E-state index contributed by atoms with van der Waals surface area (Å²) in [6.07, 6.45) is 1.65. The molecule has 1 saturated heterocycles. The lowest BCUT2D eigenvalue weighted by Crippen LogP contribution is -2.42. The van der Waals surface area contributed by atoms with E-state index in [-0.39, 0.29) is 23.6 Å². The summed E-state index contributed by atoms with van der Waals surface area (Å²) in [5, 5.41) is 21.7. The van der Waals surface area contributed by atoms with E-state index < -0.39 is 5.82 Å². The van der Waals surface area contributed by atoms with Gasteiger partial charge in [-0.25, -0.2) is 4.39 Å². The fourth-order valence-electron chi connectivity index (χ4n) is 2.57. The van der Waals surface area contributed by atoms with Crippen molar-refractivity contribution in [2.45, 2.75) is 25.8 Å². The second-order valence-corrected chi connectivity index (χ2v) is 5.72. The van der Waals surface area contributed by atoms with E-state index in [1.165, 1.54) is 12.1 Å². The Kier molecular flexibility index (Phi) is 5.29. The van der Waals surface area contributed by atoms with Gasteiger partial charge in [0.05, 0.1) is 12.2 Å². The van der Waals surface area contributed by atoms with Crippen molar-refractivity contribution in [2.24, 2.45) is 5.41 Å². The molecule has 0 aromatic heterocycles. The van der Waals surface area contributed by atoms with Crippen molar-refractivity contribution in [1.82, 2.24) is 5.32 Å². The van der Waals surface area contributed by atoms with Crippen LogP contribution in [-0.2, 0) is 4.74 Å². The molecule has 1 fully saturated rings. The molecule has 1 heterocycles. The SMILES string of the molecule is CC(NCC1(CO)CCOCC1)c1ccc(C#N)c(F)c1. The maximum atomic E-state index is 13.6. The van der Waals surface area contributed by atoms with Crippen LogP contribution in [0.25, 0.3) is 0 Å². The van der Waals surface area contributed by atoms with Crippen LogP contribution in [-0.4, -0.2) is 31.5 Å². The number of nitrogens with zero attached hydrogens (tertiary/aromatic N) is 1. The van der Waals surface area contributed by atoms with Crippen molar-refractivity contribution in [3.05, 3.63) is 35.1 Å². The molecule has 0 saturated carbocycles. The molecule has 4 nitrogen and oxygen atoms in total. The van der Waals surface area contributed by atoms with E-state index in [2.05, 4.69) is 5.32 Å². The van der Waals surface area contributed by atoms with E-state index in [1.54, 1.807) is 6.07 Å². The van der Waals surface area contributed by atoms with E-state index in [0.29, 0.717) is 19.8 Å². The monoisotopic (exact) mass is 292 g/mol. The van der Waals surface area contributed by atoms with Crippen LogP contribution in [0, 0.1) is 22.6 Å². The largest absolute Gasteiger partial charge is 0.396 e. The molecule has 5 heteroatoms. The summed E-state index contributed by atoms with van der Waals surface area (Å²) in [6.45, 7) is 4.07. The van der Waals surface area contributed by atoms with Gasteiger partial charge in [-0.05, 0) is 37.5 Å². The minimum atomic E-state index is -0.494. The molecule has 2 N–H and O–H groups in total. The van der Waals surface area contributed by atoms with Gasteiger partial charge in [0.25, 0.3) is 0 Å². The van der Waals surface area contributed by atoms with Gasteiger partial charge in [0.15, 0.2) is 0 Å². The molecule has 1 unspecified atom stereocenters. The Bertz CT molecular complexity index is 521. The number of hydrogen-bond donors (Lipinski definition) is 2. The predicted molar refractivity (Wildman–Crippen MR) is 77.1 cm³/mol. The van der Waals surface area contributed by atoms with E-state index in [1.807, 2.05) is 13.0 Å². The summed E-state index contributed by atoms with van der Waals surface area (Å²) in [6, 6.07) is 6.43. The second-order valence-electron chi connectivity index (χ2n) is 5.72. The Morgan fingerprint density at radius 1 is 1.48 bits per heavy atom. The molecule has 1 aromatic rings. The van der Waals surface area contributed by atoms with Crippen LogP contribution in [0.2, 0.25) is 0 Å². The van der Waals surface area contributed by atoms with Crippen molar-refractivity contribution < 1.29 is 14.2 Å². The molecule has 114 valence electrons. The van der Waals surface area contributed by atoms with Crippen molar-refractivity contribution in [2.75, 3.05) is 26.4 Å². The number of nitrogens with one attached hydrogen (secondary N) is 1. The standard InChI is InChI=1S/C16H21FN2O2/c1-12(13-2-3-14(9-18)15(17)8-13)19-10-16(11-20)4-6-21-7-5-16/h2-3,8,12,19-20H,4-7,10-11H2,1H3. The number of aliphatic hydroxyl groups is 1. The first-order chi connectivity index (χ1) is 10.1. The first kappa shape index (κ1) is 15.9. The Hall–Kier alpha value is -1.48. The number of benzene rings is 1. The van der Waals surface area contributed by atoms with Gasteiger partial charge in [0, 0.05) is 31.2 Å².